The lowest BCUT2D eigenvalue weighted by Crippen LogP contribution is -2.18. The molecule has 0 aliphatic rings. The van der Waals surface area contributed by atoms with Gasteiger partial charge in [0.2, 0.25) is 0 Å². The maximum atomic E-state index is 12.8. The van der Waals surface area contributed by atoms with Crippen LogP contribution in [0.15, 0.2) is 39.3 Å². The number of rotatable bonds is 6. The lowest BCUT2D eigenvalue weighted by Gasteiger charge is -2.08. The predicted octanol–water partition coefficient (Wildman–Crippen LogP) is 4.50. The summed E-state index contributed by atoms with van der Waals surface area (Å²) in [5.74, 6) is 0.122. The van der Waals surface area contributed by atoms with E-state index in [1.54, 1.807) is 6.92 Å². The summed E-state index contributed by atoms with van der Waals surface area (Å²) in [7, 11) is 0. The minimum absolute atomic E-state index is 0.0555. The smallest absolute Gasteiger partial charge is 0.290 e. The number of hydrogen-bond acceptors (Lipinski definition) is 7. The van der Waals surface area contributed by atoms with Crippen LogP contribution in [0.5, 0.6) is 0 Å². The number of azo groups is 1. The maximum Gasteiger partial charge on any atom is 0.301 e. The molecule has 0 aliphatic heterocycles. The van der Waals surface area contributed by atoms with Crippen LogP contribution in [-0.2, 0) is 6.42 Å². The second-order valence-corrected chi connectivity index (χ2v) is 6.69. The Morgan fingerprint density at radius 3 is 2.48 bits per heavy atom. The lowest BCUT2D eigenvalue weighted by atomic mass is 10.1. The molecule has 0 bridgehead atoms. The molecule has 0 saturated heterocycles. The van der Waals surface area contributed by atoms with E-state index in [1.807, 2.05) is 13.8 Å². The van der Waals surface area contributed by atoms with Gasteiger partial charge >= 0.3 is 5.56 Å². The molecule has 1 aromatic carbocycles. The number of hydrogen-bond donors (Lipinski definition) is 1. The number of H-pyrrole nitrogens is 1. The number of aromatic nitrogens is 4. The van der Waals surface area contributed by atoms with Gasteiger partial charge in [-0.15, -0.1) is 5.11 Å². The molecule has 150 valence electrons. The van der Waals surface area contributed by atoms with Crippen molar-refractivity contribution in [2.24, 2.45) is 10.2 Å². The van der Waals surface area contributed by atoms with Crippen LogP contribution in [-0.4, -0.2) is 24.7 Å². The lowest BCUT2D eigenvalue weighted by molar-refractivity contribution is -0.384. The van der Waals surface area contributed by atoms with E-state index in [0.717, 1.165) is 23.1 Å². The largest absolute Gasteiger partial charge is 0.301 e. The third-order valence-electron chi connectivity index (χ3n) is 4.22. The Balaban J connectivity index is 1.95. The summed E-state index contributed by atoms with van der Waals surface area (Å²) >= 11 is 6.27. The van der Waals surface area contributed by atoms with Crippen molar-refractivity contribution in [3.63, 3.8) is 0 Å². The topological polar surface area (TPSA) is 131 Å². The molecule has 2 heterocycles. The van der Waals surface area contributed by atoms with Gasteiger partial charge in [-0.25, -0.2) is 4.98 Å². The first-order chi connectivity index (χ1) is 13.8. The number of halogens is 1. The Hall–Kier alpha value is -3.40. The second-order valence-electron chi connectivity index (χ2n) is 6.33. The van der Waals surface area contributed by atoms with Gasteiger partial charge in [-0.05, 0) is 32.4 Å². The number of aryl methyl sites for hydroxylation is 2. The average Bonchev–Trinajstić information content (AvgIpc) is 2.97. The second kappa shape index (κ2) is 8.31. The van der Waals surface area contributed by atoms with Crippen molar-refractivity contribution in [2.75, 3.05) is 0 Å². The van der Waals surface area contributed by atoms with Crippen LogP contribution < -0.4 is 5.56 Å². The standard InChI is InChI=1S/C18H18ClN7O3/c1-4-5-14-10(2)20-18(21-16(14)19)25-17(27)15(11(3)24-25)23-22-12-6-8-13(9-7-12)26(28)29/h6-9,24H,4-5H2,1-3H3. The number of non-ortho nitro benzene ring substituents is 1. The number of nitro benzene ring substituents is 1. The molecule has 0 spiro atoms. The van der Waals surface area contributed by atoms with E-state index in [9.17, 15) is 14.9 Å². The van der Waals surface area contributed by atoms with Crippen molar-refractivity contribution < 1.29 is 4.92 Å². The highest BCUT2D eigenvalue weighted by Gasteiger charge is 2.17. The molecule has 0 saturated carbocycles. The molecule has 2 aromatic heterocycles. The molecule has 0 amide bonds. The maximum absolute atomic E-state index is 12.8. The molecular formula is C18H18ClN7O3. The third-order valence-corrected chi connectivity index (χ3v) is 4.53. The molecule has 0 unspecified atom stereocenters. The number of aromatic amines is 1. The van der Waals surface area contributed by atoms with Crippen molar-refractivity contribution in [1.29, 1.82) is 0 Å². The normalized spacial score (nSPS) is 11.3. The number of nitrogens with zero attached hydrogens (tertiary/aromatic N) is 6. The van der Waals surface area contributed by atoms with Crippen molar-refractivity contribution >= 4 is 28.7 Å². The molecule has 29 heavy (non-hydrogen) atoms. The monoisotopic (exact) mass is 415 g/mol. The molecule has 3 aromatic rings. The van der Waals surface area contributed by atoms with E-state index in [4.69, 9.17) is 11.6 Å². The molecule has 0 aliphatic carbocycles. The Morgan fingerprint density at radius 1 is 1.21 bits per heavy atom. The molecular weight excluding hydrogens is 398 g/mol. The summed E-state index contributed by atoms with van der Waals surface area (Å²) in [4.78, 5) is 31.6. The Labute approximate surface area is 170 Å². The zero-order chi connectivity index (χ0) is 21.1. The van der Waals surface area contributed by atoms with E-state index >= 15 is 0 Å². The van der Waals surface area contributed by atoms with E-state index in [0.29, 0.717) is 22.2 Å². The Bertz CT molecular complexity index is 1130. The summed E-state index contributed by atoms with van der Waals surface area (Å²) < 4.78 is 1.16. The summed E-state index contributed by atoms with van der Waals surface area (Å²) in [5.41, 5.74) is 1.95. The highest BCUT2D eigenvalue weighted by Crippen LogP contribution is 2.22. The minimum Gasteiger partial charge on any atom is -0.290 e. The third kappa shape index (κ3) is 4.21. The van der Waals surface area contributed by atoms with Crippen molar-refractivity contribution in [1.82, 2.24) is 19.7 Å². The first-order valence-electron chi connectivity index (χ1n) is 8.83. The fourth-order valence-electron chi connectivity index (χ4n) is 2.73. The highest BCUT2D eigenvalue weighted by molar-refractivity contribution is 6.30. The molecule has 11 heteroatoms. The van der Waals surface area contributed by atoms with Gasteiger partial charge in [0.05, 0.1) is 16.3 Å². The van der Waals surface area contributed by atoms with Gasteiger partial charge in [-0.2, -0.15) is 14.8 Å². The molecule has 3 rings (SSSR count). The quantitative estimate of drug-likeness (QED) is 0.274. The van der Waals surface area contributed by atoms with Gasteiger partial charge in [-0.3, -0.25) is 20.0 Å². The van der Waals surface area contributed by atoms with Crippen LogP contribution in [0.25, 0.3) is 5.95 Å². The molecule has 0 radical (unpaired) electrons. The minimum atomic E-state index is -0.505. The van der Waals surface area contributed by atoms with Gasteiger partial charge in [0.25, 0.3) is 11.6 Å². The van der Waals surface area contributed by atoms with Crippen LogP contribution in [0.2, 0.25) is 5.15 Å². The highest BCUT2D eigenvalue weighted by atomic mass is 35.5. The molecule has 0 fully saturated rings. The molecule has 10 nitrogen and oxygen atoms in total. The van der Waals surface area contributed by atoms with Crippen molar-refractivity contribution in [2.45, 2.75) is 33.6 Å². The van der Waals surface area contributed by atoms with Crippen LogP contribution in [0.3, 0.4) is 0 Å². The Morgan fingerprint density at radius 2 is 1.90 bits per heavy atom. The summed E-state index contributed by atoms with van der Waals surface area (Å²) in [5, 5.41) is 21.9. The van der Waals surface area contributed by atoms with E-state index in [-0.39, 0.29) is 17.3 Å². The predicted molar refractivity (Wildman–Crippen MR) is 108 cm³/mol. The average molecular weight is 416 g/mol. The van der Waals surface area contributed by atoms with Gasteiger partial charge < -0.3 is 0 Å². The summed E-state index contributed by atoms with van der Waals surface area (Å²) in [6.45, 7) is 5.52. The van der Waals surface area contributed by atoms with Crippen molar-refractivity contribution in [3.8, 4) is 5.95 Å². The van der Waals surface area contributed by atoms with Crippen LogP contribution in [0, 0.1) is 24.0 Å². The first kappa shape index (κ1) is 20.3. The van der Waals surface area contributed by atoms with E-state index < -0.39 is 10.5 Å². The van der Waals surface area contributed by atoms with Crippen molar-refractivity contribution in [3.05, 3.63) is 66.8 Å². The zero-order valence-corrected chi connectivity index (χ0v) is 16.8. The summed E-state index contributed by atoms with van der Waals surface area (Å²) in [6.07, 6.45) is 1.65. The summed E-state index contributed by atoms with van der Waals surface area (Å²) in [6, 6.07) is 5.52. The fraction of sp³-hybridized carbons (Fsp3) is 0.278. The Kier molecular flexibility index (Phi) is 5.83. The fourth-order valence-corrected chi connectivity index (χ4v) is 3.03. The van der Waals surface area contributed by atoms with Crippen LogP contribution in [0.4, 0.5) is 17.1 Å². The van der Waals surface area contributed by atoms with Gasteiger partial charge in [0, 0.05) is 23.4 Å². The number of nitro groups is 1. The van der Waals surface area contributed by atoms with E-state index in [1.165, 1.54) is 24.3 Å². The number of nitrogens with one attached hydrogen (secondary N) is 1. The van der Waals surface area contributed by atoms with Gasteiger partial charge in [-0.1, -0.05) is 24.9 Å². The zero-order valence-electron chi connectivity index (χ0n) is 16.0. The molecule has 1 N–H and O–H groups in total. The molecule has 0 atom stereocenters. The SMILES string of the molecule is CCCc1c(C)nc(-n2[nH]c(C)c(N=Nc3ccc([N+](=O)[O-])cc3)c2=O)nc1Cl. The van der Waals surface area contributed by atoms with Gasteiger partial charge in [0.1, 0.15) is 5.15 Å². The van der Waals surface area contributed by atoms with Gasteiger partial charge in [0.15, 0.2) is 5.69 Å². The van der Waals surface area contributed by atoms with Crippen LogP contribution in [0.1, 0.15) is 30.3 Å². The van der Waals surface area contributed by atoms with Crippen LogP contribution >= 0.6 is 11.6 Å². The van der Waals surface area contributed by atoms with E-state index in [2.05, 4.69) is 25.3 Å². The first-order valence-corrected chi connectivity index (χ1v) is 9.20. The number of benzene rings is 1.